The Kier molecular flexibility index (Phi) is 9.83. The fourth-order valence-corrected chi connectivity index (χ4v) is 5.59. The first-order chi connectivity index (χ1) is 21.9. The molecule has 17 heteroatoms. The first-order valence-corrected chi connectivity index (χ1v) is 14.0. The minimum Gasteiger partial charge on any atom is -0.504 e. The molecule has 10 unspecified atom stereocenters. The maximum atomic E-state index is 13.9. The molecular weight excluding hydrogens is 620 g/mol. The van der Waals surface area contributed by atoms with Gasteiger partial charge in [0.05, 0.1) is 50.7 Å². The number of aliphatic hydroxyl groups is 8. The van der Waals surface area contributed by atoms with E-state index in [1.165, 1.54) is 26.4 Å². The van der Waals surface area contributed by atoms with Gasteiger partial charge in [-0.3, -0.25) is 9.59 Å². The van der Waals surface area contributed by atoms with E-state index in [0.29, 0.717) is 0 Å². The second-order valence-corrected chi connectivity index (χ2v) is 10.9. The van der Waals surface area contributed by atoms with Crippen LogP contribution in [0.3, 0.4) is 0 Å². The highest BCUT2D eigenvalue weighted by Crippen LogP contribution is 2.46. The number of carbonyl (C=O) groups excluding carboxylic acids is 2. The summed E-state index contributed by atoms with van der Waals surface area (Å²) in [4.78, 5) is 27.6. The van der Waals surface area contributed by atoms with Crippen molar-refractivity contribution in [3.8, 4) is 23.0 Å². The van der Waals surface area contributed by atoms with Crippen molar-refractivity contribution in [2.45, 2.75) is 68.0 Å². The number of hydrogen-bond acceptors (Lipinski definition) is 17. The zero-order valence-electron chi connectivity index (χ0n) is 24.4. The molecule has 2 aromatic carbocycles. The van der Waals surface area contributed by atoms with E-state index in [9.17, 15) is 55.5 Å². The summed E-state index contributed by atoms with van der Waals surface area (Å²) in [5.74, 6) is -3.17. The first-order valence-electron chi connectivity index (χ1n) is 14.0. The minimum atomic E-state index is -1.95. The van der Waals surface area contributed by atoms with Gasteiger partial charge in [-0.25, -0.2) is 0 Å². The minimum absolute atomic E-state index is 0.0512. The van der Waals surface area contributed by atoms with Crippen molar-refractivity contribution in [2.75, 3.05) is 27.4 Å². The number of aromatic hydroxyl groups is 1. The quantitative estimate of drug-likeness (QED) is 0.109. The molecule has 9 N–H and O–H groups in total. The number of methoxy groups -OCH3 is 2. The second-order valence-electron chi connectivity index (χ2n) is 10.9. The Balaban J connectivity index is 1.46. The number of fused-ring (bicyclic) bond motifs is 2. The van der Waals surface area contributed by atoms with Crippen molar-refractivity contribution in [1.29, 1.82) is 0 Å². The Hall–Kier alpha value is -3.46. The van der Waals surface area contributed by atoms with Crippen LogP contribution in [-0.2, 0) is 20.8 Å². The van der Waals surface area contributed by atoms with Gasteiger partial charge in [0, 0.05) is 11.6 Å². The van der Waals surface area contributed by atoms with Gasteiger partial charge in [0.1, 0.15) is 60.3 Å². The number of phenols is 1. The van der Waals surface area contributed by atoms with Crippen LogP contribution in [0.5, 0.6) is 23.0 Å². The number of phenolic OH excluding ortho intramolecular Hbond substituents is 1. The molecule has 0 spiro atoms. The number of ketones is 2. The Labute approximate surface area is 260 Å². The van der Waals surface area contributed by atoms with Gasteiger partial charge in [-0.05, 0) is 17.7 Å². The summed E-state index contributed by atoms with van der Waals surface area (Å²) >= 11 is 0. The maximum absolute atomic E-state index is 13.9. The summed E-state index contributed by atoms with van der Waals surface area (Å²) in [6.45, 7) is -1.86. The van der Waals surface area contributed by atoms with Crippen LogP contribution < -0.4 is 14.2 Å². The van der Waals surface area contributed by atoms with Gasteiger partial charge in [-0.15, -0.1) is 0 Å². The Morgan fingerprint density at radius 1 is 0.674 bits per heavy atom. The summed E-state index contributed by atoms with van der Waals surface area (Å²) in [5, 5.41) is 92.1. The summed E-state index contributed by atoms with van der Waals surface area (Å²) in [5.41, 5.74) is -1.10. The van der Waals surface area contributed by atoms with Crippen molar-refractivity contribution < 1.29 is 84.0 Å². The topological polar surface area (TPSA) is 272 Å². The predicted octanol–water partition coefficient (Wildman–Crippen LogP) is -3.32. The van der Waals surface area contributed by atoms with Crippen molar-refractivity contribution in [1.82, 2.24) is 0 Å². The molecule has 0 amide bonds. The third-order valence-electron chi connectivity index (χ3n) is 8.12. The second kappa shape index (κ2) is 13.3. The fourth-order valence-electron chi connectivity index (χ4n) is 5.59. The summed E-state index contributed by atoms with van der Waals surface area (Å²) in [7, 11) is 2.41. The number of benzene rings is 2. The van der Waals surface area contributed by atoms with Crippen LogP contribution in [0.1, 0.15) is 37.4 Å². The summed E-state index contributed by atoms with van der Waals surface area (Å²) in [6.07, 6.45) is -17.1. The molecule has 252 valence electrons. The average molecular weight is 655 g/mol. The normalized spacial score (nSPS) is 32.5. The Morgan fingerprint density at radius 3 is 1.89 bits per heavy atom. The van der Waals surface area contributed by atoms with E-state index in [4.69, 9.17) is 28.4 Å². The van der Waals surface area contributed by atoms with Crippen molar-refractivity contribution >= 4 is 11.6 Å². The molecule has 2 saturated heterocycles. The summed E-state index contributed by atoms with van der Waals surface area (Å²) < 4.78 is 32.6. The van der Waals surface area contributed by atoms with E-state index in [-0.39, 0.29) is 28.2 Å². The molecule has 3 aliphatic rings. The smallest absolute Gasteiger partial charge is 0.229 e. The molecule has 1 aliphatic carbocycles. The lowest BCUT2D eigenvalue weighted by atomic mass is 9.81. The number of carbonyl (C=O) groups is 2. The van der Waals surface area contributed by atoms with Crippen LogP contribution in [0.2, 0.25) is 0 Å². The lowest BCUT2D eigenvalue weighted by Crippen LogP contribution is -2.62. The fraction of sp³-hybridized carbons (Fsp3) is 0.517. The zero-order valence-corrected chi connectivity index (χ0v) is 24.4. The van der Waals surface area contributed by atoms with Gasteiger partial charge < -0.3 is 74.4 Å². The molecule has 2 aromatic rings. The molecule has 2 fully saturated rings. The number of ether oxygens (including phenoxy) is 6. The van der Waals surface area contributed by atoms with Crippen LogP contribution >= 0.6 is 0 Å². The van der Waals surface area contributed by atoms with Crippen LogP contribution in [0.25, 0.3) is 0 Å². The lowest BCUT2D eigenvalue weighted by Gasteiger charge is -2.42. The van der Waals surface area contributed by atoms with Crippen molar-refractivity contribution in [2.24, 2.45) is 0 Å². The van der Waals surface area contributed by atoms with Crippen molar-refractivity contribution in [3.63, 3.8) is 0 Å². The lowest BCUT2D eigenvalue weighted by molar-refractivity contribution is -0.323. The SMILES string of the molecule is COc1cc(OC2OC(COC3OC(CO)C(O)C(O)C3O)C(O)C(O)C2O)c2c(c1O)C(=O)c1cc(CO)cc(OC)c1C2=O. The van der Waals surface area contributed by atoms with Crippen LogP contribution in [0.15, 0.2) is 18.2 Å². The highest BCUT2D eigenvalue weighted by atomic mass is 16.7. The third kappa shape index (κ3) is 5.69. The van der Waals surface area contributed by atoms with Gasteiger partial charge in [-0.1, -0.05) is 0 Å². The van der Waals surface area contributed by atoms with E-state index in [0.717, 1.165) is 6.07 Å². The zero-order chi connectivity index (χ0) is 33.6. The molecule has 0 aromatic heterocycles. The van der Waals surface area contributed by atoms with E-state index in [1.54, 1.807) is 0 Å². The highest BCUT2D eigenvalue weighted by Gasteiger charge is 2.49. The van der Waals surface area contributed by atoms with E-state index >= 15 is 0 Å². The molecule has 2 heterocycles. The molecule has 46 heavy (non-hydrogen) atoms. The Bertz CT molecular complexity index is 1480. The molecule has 17 nitrogen and oxygen atoms in total. The molecule has 0 bridgehead atoms. The van der Waals surface area contributed by atoms with Gasteiger partial charge >= 0.3 is 0 Å². The largest absolute Gasteiger partial charge is 0.504 e. The standard InChI is InChI=1S/C29H34O17/c1-41-11-4-9(6-30)3-10-16(11)23(36)17-12(5-13(42-2)20(33)18(17)19(10)32)44-29-27(40)25(38)22(35)15(46-29)8-43-28-26(39)24(37)21(34)14(7-31)45-28/h3-5,14-15,21-22,24-31,33-35,37-40H,6-8H2,1-2H3. The molecule has 0 radical (unpaired) electrons. The van der Waals surface area contributed by atoms with Crippen LogP contribution in [0, 0.1) is 0 Å². The van der Waals surface area contributed by atoms with Gasteiger partial charge in [-0.2, -0.15) is 0 Å². The molecule has 2 aliphatic heterocycles. The van der Waals surface area contributed by atoms with Gasteiger partial charge in [0.15, 0.2) is 23.6 Å². The maximum Gasteiger partial charge on any atom is 0.229 e. The average Bonchev–Trinajstić information content (AvgIpc) is 3.06. The predicted molar refractivity (Wildman–Crippen MR) is 147 cm³/mol. The molecule has 5 rings (SSSR count). The van der Waals surface area contributed by atoms with Crippen LogP contribution in [-0.4, -0.2) is 146 Å². The van der Waals surface area contributed by atoms with E-state index in [1.807, 2.05) is 0 Å². The van der Waals surface area contributed by atoms with Gasteiger partial charge in [0.25, 0.3) is 0 Å². The molecule has 0 saturated carbocycles. The third-order valence-corrected chi connectivity index (χ3v) is 8.12. The number of hydrogen-bond donors (Lipinski definition) is 9. The highest BCUT2D eigenvalue weighted by molar-refractivity contribution is 6.31. The van der Waals surface area contributed by atoms with E-state index in [2.05, 4.69) is 0 Å². The number of rotatable bonds is 9. The number of aliphatic hydroxyl groups excluding tert-OH is 8. The van der Waals surface area contributed by atoms with Crippen molar-refractivity contribution in [3.05, 3.63) is 46.0 Å². The van der Waals surface area contributed by atoms with Crippen LogP contribution in [0.4, 0.5) is 0 Å². The van der Waals surface area contributed by atoms with Gasteiger partial charge in [0.2, 0.25) is 12.1 Å². The Morgan fingerprint density at radius 2 is 1.28 bits per heavy atom. The summed E-state index contributed by atoms with van der Waals surface area (Å²) in [6, 6.07) is 3.67. The molecular formula is C29H34O17. The van der Waals surface area contributed by atoms with E-state index < -0.39 is 115 Å². The molecule has 10 atom stereocenters. The monoisotopic (exact) mass is 654 g/mol. The first kappa shape index (κ1) is 33.9.